The predicted octanol–water partition coefficient (Wildman–Crippen LogP) is 5.50. The molecule has 27 heavy (non-hydrogen) atoms. The lowest BCUT2D eigenvalue weighted by Crippen LogP contribution is -2.20. The highest BCUT2D eigenvalue weighted by Crippen LogP contribution is 2.36. The Labute approximate surface area is 168 Å². The van der Waals surface area contributed by atoms with Gasteiger partial charge in [-0.15, -0.1) is 12.4 Å². The van der Waals surface area contributed by atoms with E-state index in [4.69, 9.17) is 20.8 Å². The molecule has 0 fully saturated rings. The van der Waals surface area contributed by atoms with Crippen molar-refractivity contribution in [3.63, 3.8) is 0 Å². The monoisotopic (exact) mass is 400 g/mol. The molecule has 4 nitrogen and oxygen atoms in total. The summed E-state index contributed by atoms with van der Waals surface area (Å²) in [5, 5.41) is 5.38. The van der Waals surface area contributed by atoms with Crippen molar-refractivity contribution in [1.82, 2.24) is 9.88 Å². The van der Waals surface area contributed by atoms with Crippen LogP contribution < -0.4 is 10.1 Å². The Kier molecular flexibility index (Phi) is 4.64. The van der Waals surface area contributed by atoms with Crippen LogP contribution in [-0.4, -0.2) is 11.7 Å². The molecular formula is C21H18Cl2N2O2. The highest BCUT2D eigenvalue weighted by atomic mass is 35.5. The van der Waals surface area contributed by atoms with Gasteiger partial charge in [0.25, 0.3) is 0 Å². The number of rotatable bonds is 2. The van der Waals surface area contributed by atoms with Crippen LogP contribution in [0.1, 0.15) is 23.1 Å². The zero-order valence-corrected chi connectivity index (χ0v) is 16.2. The van der Waals surface area contributed by atoms with Gasteiger partial charge in [0.2, 0.25) is 0 Å². The summed E-state index contributed by atoms with van der Waals surface area (Å²) < 4.78 is 13.8. The van der Waals surface area contributed by atoms with E-state index in [2.05, 4.69) is 34.3 Å². The van der Waals surface area contributed by atoms with Crippen LogP contribution in [0.2, 0.25) is 5.02 Å². The molecule has 4 aromatic rings. The number of fused-ring (bicyclic) bond motifs is 4. The molecule has 1 N–H and O–H groups in total. The van der Waals surface area contributed by atoms with Gasteiger partial charge in [-0.05, 0) is 42.0 Å². The fourth-order valence-corrected chi connectivity index (χ4v) is 3.85. The van der Waals surface area contributed by atoms with Gasteiger partial charge in [0.05, 0.1) is 12.8 Å². The molecule has 1 atom stereocenters. The molecule has 1 aliphatic heterocycles. The molecule has 3 heterocycles. The Balaban J connectivity index is 0.00000180. The minimum atomic E-state index is -0.0618. The fraction of sp³-hybridized carbons (Fsp3) is 0.143. The van der Waals surface area contributed by atoms with Crippen molar-refractivity contribution in [2.75, 3.05) is 7.11 Å². The first-order chi connectivity index (χ1) is 12.7. The zero-order valence-electron chi connectivity index (χ0n) is 14.6. The standard InChI is InChI=1S/C21H17ClN2O2.ClH/c1-25-18-6-2-4-13-10-19(26-21(13)18)20-16-5-3-9-24(16)17-11-15(22)8-7-14(17)12-23-20;/h2-11,20,23H,12H2,1H3;1H. The van der Waals surface area contributed by atoms with Crippen LogP contribution in [0, 0.1) is 0 Å². The summed E-state index contributed by atoms with van der Waals surface area (Å²) in [5.74, 6) is 1.61. The normalized spacial score (nSPS) is 15.6. The Bertz CT molecular complexity index is 1120. The summed E-state index contributed by atoms with van der Waals surface area (Å²) in [6, 6.07) is 18.1. The van der Waals surface area contributed by atoms with E-state index < -0.39 is 0 Å². The first-order valence-electron chi connectivity index (χ1n) is 8.50. The van der Waals surface area contributed by atoms with E-state index in [1.807, 2.05) is 36.4 Å². The Morgan fingerprint density at radius 2 is 2.04 bits per heavy atom. The molecule has 0 amide bonds. The number of nitrogens with zero attached hydrogens (tertiary/aromatic N) is 1. The lowest BCUT2D eigenvalue weighted by atomic mass is 10.1. The highest BCUT2D eigenvalue weighted by Gasteiger charge is 2.26. The maximum absolute atomic E-state index is 6.24. The van der Waals surface area contributed by atoms with Crippen molar-refractivity contribution in [2.24, 2.45) is 0 Å². The Morgan fingerprint density at radius 3 is 2.89 bits per heavy atom. The Morgan fingerprint density at radius 1 is 1.15 bits per heavy atom. The third-order valence-electron chi connectivity index (χ3n) is 4.91. The van der Waals surface area contributed by atoms with Crippen molar-refractivity contribution in [1.29, 1.82) is 0 Å². The molecule has 0 bridgehead atoms. The lowest BCUT2D eigenvalue weighted by Gasteiger charge is -2.15. The van der Waals surface area contributed by atoms with Crippen LogP contribution in [0.15, 0.2) is 65.2 Å². The summed E-state index contributed by atoms with van der Waals surface area (Å²) in [6.45, 7) is 0.729. The van der Waals surface area contributed by atoms with Crippen LogP contribution in [-0.2, 0) is 6.54 Å². The number of benzene rings is 2. The fourth-order valence-electron chi connectivity index (χ4n) is 3.68. The smallest absolute Gasteiger partial charge is 0.176 e. The van der Waals surface area contributed by atoms with E-state index in [9.17, 15) is 0 Å². The first kappa shape index (κ1) is 18.0. The van der Waals surface area contributed by atoms with Gasteiger partial charge in [-0.1, -0.05) is 29.8 Å². The molecular weight excluding hydrogens is 383 g/mol. The number of furan rings is 1. The summed E-state index contributed by atoms with van der Waals surface area (Å²) in [5.41, 5.74) is 4.18. The van der Waals surface area contributed by atoms with Crippen molar-refractivity contribution >= 4 is 35.0 Å². The lowest BCUT2D eigenvalue weighted by molar-refractivity contribution is 0.402. The van der Waals surface area contributed by atoms with Gasteiger partial charge in [-0.25, -0.2) is 0 Å². The quantitative estimate of drug-likeness (QED) is 0.482. The Hall–Kier alpha value is -2.40. The average molecular weight is 401 g/mol. The van der Waals surface area contributed by atoms with Gasteiger partial charge in [-0.3, -0.25) is 5.32 Å². The molecule has 0 saturated heterocycles. The molecule has 0 radical (unpaired) electrons. The SMILES string of the molecule is COc1cccc2cc(C3NCc4ccc(Cl)cc4-n4cccc43)oc12.Cl. The van der Waals surface area contributed by atoms with Crippen LogP contribution in [0.3, 0.4) is 0 Å². The molecule has 1 unspecified atom stereocenters. The molecule has 2 aromatic heterocycles. The second-order valence-corrected chi connectivity index (χ2v) is 6.85. The van der Waals surface area contributed by atoms with Gasteiger partial charge in [0.15, 0.2) is 11.3 Å². The van der Waals surface area contributed by atoms with Crippen LogP contribution >= 0.6 is 24.0 Å². The van der Waals surface area contributed by atoms with Crippen LogP contribution in [0.25, 0.3) is 16.7 Å². The van der Waals surface area contributed by atoms with E-state index >= 15 is 0 Å². The van der Waals surface area contributed by atoms with Gasteiger partial charge in [0.1, 0.15) is 11.8 Å². The minimum Gasteiger partial charge on any atom is -0.493 e. The third-order valence-corrected chi connectivity index (χ3v) is 5.15. The third kappa shape index (κ3) is 2.90. The topological polar surface area (TPSA) is 39.3 Å². The van der Waals surface area contributed by atoms with Crippen molar-refractivity contribution in [3.8, 4) is 11.4 Å². The van der Waals surface area contributed by atoms with E-state index in [1.165, 1.54) is 5.56 Å². The van der Waals surface area contributed by atoms with Crippen molar-refractivity contribution in [2.45, 2.75) is 12.6 Å². The number of methoxy groups -OCH3 is 1. The molecule has 0 spiro atoms. The molecule has 5 rings (SSSR count). The van der Waals surface area contributed by atoms with Crippen molar-refractivity contribution < 1.29 is 9.15 Å². The number of ether oxygens (including phenoxy) is 1. The number of hydrogen-bond donors (Lipinski definition) is 1. The van der Waals surface area contributed by atoms with Crippen LogP contribution in [0.5, 0.6) is 5.75 Å². The molecule has 6 heteroatoms. The van der Waals surface area contributed by atoms with Crippen LogP contribution in [0.4, 0.5) is 0 Å². The van der Waals surface area contributed by atoms with Crippen molar-refractivity contribution in [3.05, 3.63) is 82.8 Å². The molecule has 138 valence electrons. The van der Waals surface area contributed by atoms with Gasteiger partial charge in [0, 0.05) is 28.8 Å². The van der Waals surface area contributed by atoms with E-state index in [0.717, 1.165) is 45.4 Å². The predicted molar refractivity (Wildman–Crippen MR) is 109 cm³/mol. The van der Waals surface area contributed by atoms with E-state index in [1.54, 1.807) is 7.11 Å². The largest absolute Gasteiger partial charge is 0.493 e. The number of halogens is 2. The highest BCUT2D eigenvalue weighted by molar-refractivity contribution is 6.30. The molecule has 0 aliphatic carbocycles. The van der Waals surface area contributed by atoms with E-state index in [0.29, 0.717) is 0 Å². The summed E-state index contributed by atoms with van der Waals surface area (Å²) in [7, 11) is 1.66. The summed E-state index contributed by atoms with van der Waals surface area (Å²) >= 11 is 6.24. The average Bonchev–Trinajstić information content (AvgIpc) is 3.27. The minimum absolute atomic E-state index is 0. The van der Waals surface area contributed by atoms with Gasteiger partial charge >= 0.3 is 0 Å². The first-order valence-corrected chi connectivity index (χ1v) is 8.88. The summed E-state index contributed by atoms with van der Waals surface area (Å²) in [4.78, 5) is 0. The second-order valence-electron chi connectivity index (χ2n) is 6.42. The maximum Gasteiger partial charge on any atom is 0.176 e. The molecule has 2 aromatic carbocycles. The van der Waals surface area contributed by atoms with Gasteiger partial charge in [-0.2, -0.15) is 0 Å². The van der Waals surface area contributed by atoms with E-state index in [-0.39, 0.29) is 18.4 Å². The maximum atomic E-state index is 6.24. The molecule has 1 aliphatic rings. The van der Waals surface area contributed by atoms with Gasteiger partial charge < -0.3 is 13.7 Å². The number of hydrogen-bond acceptors (Lipinski definition) is 3. The zero-order chi connectivity index (χ0) is 17.7. The number of aromatic nitrogens is 1. The second kappa shape index (κ2) is 6.97. The number of para-hydroxylation sites is 1. The summed E-state index contributed by atoms with van der Waals surface area (Å²) in [6.07, 6.45) is 2.06. The molecule has 0 saturated carbocycles. The number of nitrogens with one attached hydrogen (secondary N) is 1.